The second-order valence-electron chi connectivity index (χ2n) is 4.11. The molecule has 0 radical (unpaired) electrons. The van der Waals surface area contributed by atoms with Gasteiger partial charge in [0.2, 0.25) is 0 Å². The van der Waals surface area contributed by atoms with Crippen LogP contribution < -0.4 is 11.1 Å². The predicted molar refractivity (Wildman–Crippen MR) is 65.4 cm³/mol. The van der Waals surface area contributed by atoms with E-state index in [1.54, 1.807) is 12.4 Å². The molecule has 0 spiro atoms. The van der Waals surface area contributed by atoms with Crippen LogP contribution in [-0.4, -0.2) is 33.7 Å². The van der Waals surface area contributed by atoms with E-state index < -0.39 is 0 Å². The van der Waals surface area contributed by atoms with Crippen molar-refractivity contribution < 1.29 is 4.74 Å². The number of ether oxygens (including phenoxy) is 1. The van der Waals surface area contributed by atoms with Gasteiger partial charge in [0.15, 0.2) is 5.82 Å². The third kappa shape index (κ3) is 2.28. The molecule has 5 nitrogen and oxygen atoms in total. The number of aromatic nitrogens is 2. The molecule has 2 rings (SSSR count). The van der Waals surface area contributed by atoms with Gasteiger partial charge in [-0.2, -0.15) is 0 Å². The van der Waals surface area contributed by atoms with Gasteiger partial charge in [0.1, 0.15) is 10.7 Å². The summed E-state index contributed by atoms with van der Waals surface area (Å²) in [5, 5.41) is 3.30. The van der Waals surface area contributed by atoms with Crippen LogP contribution in [-0.2, 0) is 4.74 Å². The fourth-order valence-corrected chi connectivity index (χ4v) is 1.81. The Morgan fingerprint density at radius 3 is 2.94 bits per heavy atom. The van der Waals surface area contributed by atoms with Crippen molar-refractivity contribution in [2.45, 2.75) is 18.9 Å². The molecule has 0 aliphatic carbocycles. The topological polar surface area (TPSA) is 73.1 Å². The lowest BCUT2D eigenvalue weighted by Gasteiger charge is -2.24. The second kappa shape index (κ2) is 4.31. The average molecular weight is 238 g/mol. The fraction of sp³-hybridized carbons (Fsp3) is 0.500. The van der Waals surface area contributed by atoms with E-state index in [1.807, 2.05) is 0 Å². The Balaban J connectivity index is 2.23. The van der Waals surface area contributed by atoms with Crippen LogP contribution in [0.4, 0.5) is 5.82 Å². The Kier molecular flexibility index (Phi) is 3.02. The van der Waals surface area contributed by atoms with Gasteiger partial charge in [-0.3, -0.25) is 0 Å². The maximum atomic E-state index is 5.59. The first kappa shape index (κ1) is 11.2. The van der Waals surface area contributed by atoms with Gasteiger partial charge in [-0.1, -0.05) is 12.2 Å². The normalized spacial score (nSPS) is 24.3. The zero-order chi connectivity index (χ0) is 11.6. The summed E-state index contributed by atoms with van der Waals surface area (Å²) in [4.78, 5) is 8.58. The molecule has 0 amide bonds. The fourth-order valence-electron chi connectivity index (χ4n) is 1.66. The molecule has 1 aliphatic heterocycles. The molecular weight excluding hydrogens is 224 g/mol. The van der Waals surface area contributed by atoms with Crippen LogP contribution in [0.15, 0.2) is 12.4 Å². The molecular formula is C10H14N4OS. The lowest BCUT2D eigenvalue weighted by atomic mass is 10.0. The minimum Gasteiger partial charge on any atom is -0.388 e. The van der Waals surface area contributed by atoms with Gasteiger partial charge in [-0.05, 0) is 13.3 Å². The number of hydrogen-bond donors (Lipinski definition) is 2. The first-order chi connectivity index (χ1) is 7.61. The molecule has 1 saturated heterocycles. The van der Waals surface area contributed by atoms with E-state index in [-0.39, 0.29) is 10.5 Å². The molecule has 2 heterocycles. The Morgan fingerprint density at radius 1 is 1.56 bits per heavy atom. The molecule has 1 aliphatic rings. The van der Waals surface area contributed by atoms with Crippen molar-refractivity contribution in [2.75, 3.05) is 18.5 Å². The molecule has 1 aromatic rings. The minimum atomic E-state index is -0.116. The third-order valence-corrected chi connectivity index (χ3v) is 2.76. The Hall–Kier alpha value is -1.27. The standard InChI is InChI=1S/C10H14N4OS/c1-10(2-5-15-6-10)14-9-7(8(11)16)12-3-4-13-9/h3-4H,2,5-6H2,1H3,(H2,11,16)(H,13,14). The van der Waals surface area contributed by atoms with Gasteiger partial charge in [-0.15, -0.1) is 0 Å². The Morgan fingerprint density at radius 2 is 2.31 bits per heavy atom. The monoisotopic (exact) mass is 238 g/mol. The molecule has 1 fully saturated rings. The van der Waals surface area contributed by atoms with Crippen LogP contribution in [0.2, 0.25) is 0 Å². The van der Waals surface area contributed by atoms with E-state index in [9.17, 15) is 0 Å². The molecule has 0 bridgehead atoms. The van der Waals surface area contributed by atoms with Crippen molar-refractivity contribution in [3.05, 3.63) is 18.1 Å². The van der Waals surface area contributed by atoms with Crippen molar-refractivity contribution in [3.8, 4) is 0 Å². The van der Waals surface area contributed by atoms with Gasteiger partial charge in [0.05, 0.1) is 12.1 Å². The lowest BCUT2D eigenvalue weighted by molar-refractivity contribution is 0.185. The number of nitrogens with two attached hydrogens (primary N) is 1. The number of nitrogens with one attached hydrogen (secondary N) is 1. The highest BCUT2D eigenvalue weighted by Gasteiger charge is 2.30. The highest BCUT2D eigenvalue weighted by atomic mass is 32.1. The van der Waals surface area contributed by atoms with Crippen LogP contribution in [0.3, 0.4) is 0 Å². The molecule has 6 heteroatoms. The summed E-state index contributed by atoms with van der Waals surface area (Å²) >= 11 is 4.93. The smallest absolute Gasteiger partial charge is 0.155 e. The molecule has 1 aromatic heterocycles. The van der Waals surface area contributed by atoms with Gasteiger partial charge in [-0.25, -0.2) is 9.97 Å². The average Bonchev–Trinajstić information content (AvgIpc) is 2.65. The number of nitrogens with zero attached hydrogens (tertiary/aromatic N) is 2. The molecule has 16 heavy (non-hydrogen) atoms. The third-order valence-electron chi connectivity index (χ3n) is 2.57. The Labute approximate surface area is 99.4 Å². The minimum absolute atomic E-state index is 0.116. The van der Waals surface area contributed by atoms with E-state index in [4.69, 9.17) is 22.7 Å². The predicted octanol–water partition coefficient (Wildman–Crippen LogP) is 0.702. The number of hydrogen-bond acceptors (Lipinski definition) is 5. The van der Waals surface area contributed by atoms with Crippen LogP contribution >= 0.6 is 12.2 Å². The zero-order valence-corrected chi connectivity index (χ0v) is 9.88. The molecule has 0 aromatic carbocycles. The second-order valence-corrected chi connectivity index (χ2v) is 4.55. The summed E-state index contributed by atoms with van der Waals surface area (Å²) in [5.74, 6) is 0.628. The van der Waals surface area contributed by atoms with Crippen LogP contribution in [0.1, 0.15) is 19.0 Å². The van der Waals surface area contributed by atoms with Crippen LogP contribution in [0.5, 0.6) is 0 Å². The largest absolute Gasteiger partial charge is 0.388 e. The molecule has 86 valence electrons. The lowest BCUT2D eigenvalue weighted by Crippen LogP contribution is -2.36. The first-order valence-electron chi connectivity index (χ1n) is 5.07. The number of anilines is 1. The molecule has 1 unspecified atom stereocenters. The van der Waals surface area contributed by atoms with Crippen molar-refractivity contribution in [2.24, 2.45) is 5.73 Å². The van der Waals surface area contributed by atoms with Gasteiger partial charge in [0, 0.05) is 19.0 Å². The summed E-state index contributed by atoms with van der Waals surface area (Å²) < 4.78 is 5.36. The van der Waals surface area contributed by atoms with Crippen molar-refractivity contribution in [1.82, 2.24) is 9.97 Å². The summed E-state index contributed by atoms with van der Waals surface area (Å²) in [6.45, 7) is 3.49. The summed E-state index contributed by atoms with van der Waals surface area (Å²) in [6, 6.07) is 0. The van der Waals surface area contributed by atoms with E-state index in [0.29, 0.717) is 18.1 Å². The summed E-state index contributed by atoms with van der Waals surface area (Å²) in [7, 11) is 0. The Bertz CT molecular complexity index is 404. The highest BCUT2D eigenvalue weighted by Crippen LogP contribution is 2.23. The van der Waals surface area contributed by atoms with E-state index in [0.717, 1.165) is 13.0 Å². The van der Waals surface area contributed by atoms with Gasteiger partial charge in [0.25, 0.3) is 0 Å². The van der Waals surface area contributed by atoms with Gasteiger partial charge >= 0.3 is 0 Å². The first-order valence-corrected chi connectivity index (χ1v) is 5.48. The van der Waals surface area contributed by atoms with E-state index in [2.05, 4.69) is 22.2 Å². The maximum Gasteiger partial charge on any atom is 0.155 e. The highest BCUT2D eigenvalue weighted by molar-refractivity contribution is 7.80. The summed E-state index contributed by atoms with van der Waals surface area (Å²) in [5.41, 5.74) is 6.01. The number of thiocarbonyl (C=S) groups is 1. The van der Waals surface area contributed by atoms with E-state index in [1.165, 1.54) is 0 Å². The van der Waals surface area contributed by atoms with Gasteiger partial charge < -0.3 is 15.8 Å². The SMILES string of the molecule is CC1(Nc2nccnc2C(N)=S)CCOC1. The van der Waals surface area contributed by atoms with Crippen LogP contribution in [0.25, 0.3) is 0 Å². The quantitative estimate of drug-likeness (QED) is 0.755. The molecule has 3 N–H and O–H groups in total. The zero-order valence-electron chi connectivity index (χ0n) is 9.06. The number of rotatable bonds is 3. The van der Waals surface area contributed by atoms with E-state index >= 15 is 0 Å². The molecule has 0 saturated carbocycles. The van der Waals surface area contributed by atoms with Crippen molar-refractivity contribution in [1.29, 1.82) is 0 Å². The van der Waals surface area contributed by atoms with Crippen LogP contribution in [0, 0.1) is 0 Å². The maximum absolute atomic E-state index is 5.59. The summed E-state index contributed by atoms with van der Waals surface area (Å²) in [6.07, 6.45) is 4.12. The van der Waals surface area contributed by atoms with Crippen molar-refractivity contribution in [3.63, 3.8) is 0 Å². The molecule has 1 atom stereocenters. The van der Waals surface area contributed by atoms with Crippen molar-refractivity contribution >= 4 is 23.0 Å².